The van der Waals surface area contributed by atoms with E-state index in [0.717, 1.165) is 11.5 Å². The number of aromatic nitrogens is 2. The van der Waals surface area contributed by atoms with Crippen LogP contribution in [0.4, 0.5) is 0 Å². The van der Waals surface area contributed by atoms with Gasteiger partial charge in [-0.25, -0.2) is 13.6 Å². The molecule has 0 aliphatic heterocycles. The highest BCUT2D eigenvalue weighted by Crippen LogP contribution is 2.21. The van der Waals surface area contributed by atoms with E-state index in [1.807, 2.05) is 0 Å². The monoisotopic (exact) mass is 328 g/mol. The number of hydrogen-bond donors (Lipinski definition) is 2. The van der Waals surface area contributed by atoms with Crippen LogP contribution in [-0.2, 0) is 16.6 Å². The van der Waals surface area contributed by atoms with Crippen LogP contribution >= 0.6 is 11.5 Å². The van der Waals surface area contributed by atoms with Gasteiger partial charge < -0.3 is 10.1 Å². The van der Waals surface area contributed by atoms with Gasteiger partial charge in [-0.2, -0.15) is 0 Å². The predicted molar refractivity (Wildman–Crippen MR) is 75.4 cm³/mol. The number of benzene rings is 1. The van der Waals surface area contributed by atoms with E-state index in [4.69, 9.17) is 9.88 Å². The molecule has 0 fully saturated rings. The molecule has 1 heterocycles. The molecule has 10 heteroatoms. The maximum Gasteiger partial charge on any atom is 0.264 e. The normalized spacial score (nSPS) is 11.1. The summed E-state index contributed by atoms with van der Waals surface area (Å²) in [4.78, 5) is 12.1. The topological polar surface area (TPSA) is 124 Å². The third-order valence-electron chi connectivity index (χ3n) is 2.60. The first-order valence-electron chi connectivity index (χ1n) is 5.67. The van der Waals surface area contributed by atoms with Gasteiger partial charge in [-0.3, -0.25) is 4.79 Å². The van der Waals surface area contributed by atoms with E-state index in [2.05, 4.69) is 14.9 Å². The Hall–Kier alpha value is -2.04. The summed E-state index contributed by atoms with van der Waals surface area (Å²) in [6, 6.07) is 4.18. The summed E-state index contributed by atoms with van der Waals surface area (Å²) in [6.07, 6.45) is 1.35. The van der Waals surface area contributed by atoms with Gasteiger partial charge >= 0.3 is 0 Å². The van der Waals surface area contributed by atoms with Crippen LogP contribution < -0.4 is 15.2 Å². The number of sulfonamides is 1. The first-order valence-corrected chi connectivity index (χ1v) is 7.99. The molecule has 3 N–H and O–H groups in total. The van der Waals surface area contributed by atoms with E-state index in [9.17, 15) is 13.2 Å². The highest BCUT2D eigenvalue weighted by molar-refractivity contribution is 7.89. The summed E-state index contributed by atoms with van der Waals surface area (Å²) in [6.45, 7) is 0.0866. The molecule has 8 nitrogen and oxygen atoms in total. The molecule has 0 bridgehead atoms. The summed E-state index contributed by atoms with van der Waals surface area (Å²) in [5.41, 5.74) is 0.495. The number of nitrogens with two attached hydrogens (primary N) is 1. The lowest BCUT2D eigenvalue weighted by Crippen LogP contribution is -2.22. The number of amides is 1. The molecule has 112 valence electrons. The van der Waals surface area contributed by atoms with E-state index in [1.54, 1.807) is 0 Å². The van der Waals surface area contributed by atoms with Crippen molar-refractivity contribution in [3.63, 3.8) is 0 Å². The Morgan fingerprint density at radius 3 is 2.81 bits per heavy atom. The molecule has 0 saturated carbocycles. The zero-order chi connectivity index (χ0) is 15.5. The summed E-state index contributed by atoms with van der Waals surface area (Å²) >= 11 is 0.963. The summed E-state index contributed by atoms with van der Waals surface area (Å²) in [7, 11) is -2.37. The number of rotatable bonds is 5. The molecular weight excluding hydrogens is 316 g/mol. The minimum absolute atomic E-state index is 0.0491. The van der Waals surface area contributed by atoms with Crippen molar-refractivity contribution in [1.29, 1.82) is 0 Å². The van der Waals surface area contributed by atoms with Crippen LogP contribution in [0.3, 0.4) is 0 Å². The maximum atomic E-state index is 11.8. The second kappa shape index (κ2) is 6.16. The van der Waals surface area contributed by atoms with E-state index in [0.29, 0.717) is 16.2 Å². The fourth-order valence-corrected chi connectivity index (χ4v) is 2.60. The Morgan fingerprint density at radius 2 is 2.24 bits per heavy atom. The van der Waals surface area contributed by atoms with Crippen molar-refractivity contribution in [1.82, 2.24) is 14.9 Å². The van der Waals surface area contributed by atoms with Gasteiger partial charge in [-0.15, -0.1) is 5.10 Å². The molecule has 2 aromatic rings. The molecule has 0 aliphatic rings. The summed E-state index contributed by atoms with van der Waals surface area (Å²) in [5, 5.41) is 11.3. The van der Waals surface area contributed by atoms with Crippen LogP contribution in [0.15, 0.2) is 29.3 Å². The van der Waals surface area contributed by atoms with Gasteiger partial charge in [-0.1, -0.05) is 4.49 Å². The van der Waals surface area contributed by atoms with E-state index in [-0.39, 0.29) is 17.3 Å². The van der Waals surface area contributed by atoms with Crippen molar-refractivity contribution in [2.24, 2.45) is 5.14 Å². The Bertz CT molecular complexity index is 744. The molecule has 0 radical (unpaired) electrons. The molecule has 2 rings (SSSR count). The Labute approximate surface area is 125 Å². The fourth-order valence-electron chi connectivity index (χ4n) is 1.60. The van der Waals surface area contributed by atoms with Crippen molar-refractivity contribution < 1.29 is 17.9 Å². The van der Waals surface area contributed by atoms with Crippen LogP contribution in [0.5, 0.6) is 5.75 Å². The standard InChI is InChI=1S/C11H12N4O4S2/c1-19-9-3-2-8(21(12,17)18)4-7(9)5-13-11(16)10-6-14-15-20-10/h2-4,6H,5H2,1H3,(H,13,16)(H2,12,17,18). The third kappa shape index (κ3) is 3.74. The first kappa shape index (κ1) is 15.4. The average molecular weight is 328 g/mol. The molecule has 1 amide bonds. The predicted octanol–water partition coefficient (Wildman–Crippen LogP) is 0.124. The quantitative estimate of drug-likeness (QED) is 0.803. The van der Waals surface area contributed by atoms with E-state index < -0.39 is 10.0 Å². The zero-order valence-corrected chi connectivity index (χ0v) is 12.6. The molecule has 0 spiro atoms. The van der Waals surface area contributed by atoms with Crippen molar-refractivity contribution in [3.8, 4) is 5.75 Å². The number of nitrogens with zero attached hydrogens (tertiary/aromatic N) is 2. The highest BCUT2D eigenvalue weighted by atomic mass is 32.2. The second-order valence-electron chi connectivity index (χ2n) is 3.98. The molecule has 1 aromatic heterocycles. The molecule has 0 unspecified atom stereocenters. The number of carbonyl (C=O) groups is 1. The smallest absolute Gasteiger partial charge is 0.264 e. The Balaban J connectivity index is 2.20. The van der Waals surface area contributed by atoms with E-state index in [1.165, 1.54) is 31.5 Å². The fraction of sp³-hybridized carbons (Fsp3) is 0.182. The number of nitrogens with one attached hydrogen (secondary N) is 1. The van der Waals surface area contributed by atoms with Gasteiger partial charge in [-0.05, 0) is 29.7 Å². The van der Waals surface area contributed by atoms with Gasteiger partial charge in [0.2, 0.25) is 10.0 Å². The Morgan fingerprint density at radius 1 is 1.48 bits per heavy atom. The van der Waals surface area contributed by atoms with E-state index >= 15 is 0 Å². The molecule has 0 saturated heterocycles. The average Bonchev–Trinajstić information content (AvgIpc) is 2.97. The Kier molecular flexibility index (Phi) is 4.50. The molecule has 0 atom stereocenters. The van der Waals surface area contributed by atoms with Crippen molar-refractivity contribution in [2.75, 3.05) is 7.11 Å². The lowest BCUT2D eigenvalue weighted by Gasteiger charge is -2.10. The third-order valence-corrected chi connectivity index (χ3v) is 4.18. The SMILES string of the molecule is COc1ccc(S(N)(=O)=O)cc1CNC(=O)c1cnns1. The van der Waals surface area contributed by atoms with Crippen molar-refractivity contribution in [3.05, 3.63) is 34.8 Å². The highest BCUT2D eigenvalue weighted by Gasteiger charge is 2.14. The lowest BCUT2D eigenvalue weighted by molar-refractivity contribution is 0.0954. The van der Waals surface area contributed by atoms with Crippen LogP contribution in [0, 0.1) is 0 Å². The minimum atomic E-state index is -3.82. The van der Waals surface area contributed by atoms with Gasteiger partial charge in [0.1, 0.15) is 10.6 Å². The number of hydrogen-bond acceptors (Lipinski definition) is 7. The first-order chi connectivity index (χ1) is 9.91. The zero-order valence-electron chi connectivity index (χ0n) is 10.9. The number of carbonyl (C=O) groups excluding carboxylic acids is 1. The second-order valence-corrected chi connectivity index (χ2v) is 6.33. The van der Waals surface area contributed by atoms with Crippen LogP contribution in [0.2, 0.25) is 0 Å². The van der Waals surface area contributed by atoms with Crippen molar-refractivity contribution >= 4 is 27.5 Å². The maximum absolute atomic E-state index is 11.8. The molecule has 0 aliphatic carbocycles. The molecular formula is C11H12N4O4S2. The van der Waals surface area contributed by atoms with Crippen molar-refractivity contribution in [2.45, 2.75) is 11.4 Å². The van der Waals surface area contributed by atoms with Crippen LogP contribution in [0.1, 0.15) is 15.2 Å². The van der Waals surface area contributed by atoms with Gasteiger partial charge in [0.25, 0.3) is 5.91 Å². The van der Waals surface area contributed by atoms with Crippen LogP contribution in [0.25, 0.3) is 0 Å². The van der Waals surface area contributed by atoms with Gasteiger partial charge in [0.05, 0.1) is 18.2 Å². The van der Waals surface area contributed by atoms with Crippen LogP contribution in [-0.4, -0.2) is 31.0 Å². The summed E-state index contributed by atoms with van der Waals surface area (Å²) in [5.74, 6) is 0.0955. The minimum Gasteiger partial charge on any atom is -0.496 e. The van der Waals surface area contributed by atoms with Gasteiger partial charge in [0, 0.05) is 12.1 Å². The number of methoxy groups -OCH3 is 1. The lowest BCUT2D eigenvalue weighted by atomic mass is 10.2. The number of primary sulfonamides is 1. The molecule has 1 aromatic carbocycles. The summed E-state index contributed by atoms with van der Waals surface area (Å²) < 4.78 is 31.4. The number of ether oxygens (including phenoxy) is 1. The van der Waals surface area contributed by atoms with Gasteiger partial charge in [0.15, 0.2) is 0 Å². The largest absolute Gasteiger partial charge is 0.496 e. The molecule has 21 heavy (non-hydrogen) atoms.